The van der Waals surface area contributed by atoms with Crippen LogP contribution in [0.15, 0.2) is 18.2 Å². The van der Waals surface area contributed by atoms with Crippen molar-refractivity contribution in [3.05, 3.63) is 23.8 Å². The average Bonchev–Trinajstić information content (AvgIpc) is 2.41. The Kier molecular flexibility index (Phi) is 3.98. The number of hydrogen-bond donors (Lipinski definition) is 2. The molecule has 1 aliphatic heterocycles. The molecule has 1 amide bonds. The number of carbonyl (C=O) groups excluding carboxylic acids is 1. The van der Waals surface area contributed by atoms with Gasteiger partial charge in [0.15, 0.2) is 0 Å². The number of nitrogens with zero attached hydrogens (tertiary/aromatic N) is 1. The highest BCUT2D eigenvalue weighted by Crippen LogP contribution is 2.32. The van der Waals surface area contributed by atoms with E-state index in [0.717, 1.165) is 12.2 Å². The molecular formula is C15H23N3O. The number of amides is 1. The largest absolute Gasteiger partial charge is 0.397 e. The fourth-order valence-electron chi connectivity index (χ4n) is 2.73. The van der Waals surface area contributed by atoms with E-state index in [2.05, 4.69) is 24.1 Å². The molecule has 0 spiro atoms. The first kappa shape index (κ1) is 13.7. The molecule has 0 aliphatic carbocycles. The van der Waals surface area contributed by atoms with Crippen molar-refractivity contribution in [3.8, 4) is 0 Å². The molecule has 104 valence electrons. The van der Waals surface area contributed by atoms with Crippen LogP contribution in [0.25, 0.3) is 0 Å². The van der Waals surface area contributed by atoms with Gasteiger partial charge >= 0.3 is 0 Å². The van der Waals surface area contributed by atoms with Gasteiger partial charge in [-0.2, -0.15) is 0 Å². The highest BCUT2D eigenvalue weighted by atomic mass is 16.1. The van der Waals surface area contributed by atoms with Crippen LogP contribution in [-0.2, 0) is 0 Å². The number of hydrogen-bond acceptors (Lipinski definition) is 3. The first-order valence-electron chi connectivity index (χ1n) is 6.91. The number of nitrogen functional groups attached to an aromatic ring is 1. The van der Waals surface area contributed by atoms with Gasteiger partial charge in [0, 0.05) is 25.2 Å². The summed E-state index contributed by atoms with van der Waals surface area (Å²) < 4.78 is 0. The second kappa shape index (κ2) is 5.51. The Labute approximate surface area is 115 Å². The maximum absolute atomic E-state index is 11.6. The molecule has 4 nitrogen and oxygen atoms in total. The molecule has 0 radical (unpaired) electrons. The van der Waals surface area contributed by atoms with Gasteiger partial charge in [0.05, 0.1) is 11.4 Å². The number of carbonyl (C=O) groups is 1. The lowest BCUT2D eigenvalue weighted by molar-refractivity contribution is 0.0963. The Bertz CT molecular complexity index is 472. The fraction of sp³-hybridized carbons (Fsp3) is 0.533. The van der Waals surface area contributed by atoms with Gasteiger partial charge in [-0.3, -0.25) is 4.79 Å². The molecule has 19 heavy (non-hydrogen) atoms. The molecule has 1 aromatic rings. The minimum atomic E-state index is -0.0988. The maximum Gasteiger partial charge on any atom is 0.251 e. The Hall–Kier alpha value is -1.71. The van der Waals surface area contributed by atoms with Crippen LogP contribution in [-0.4, -0.2) is 25.5 Å². The van der Waals surface area contributed by atoms with Gasteiger partial charge in [-0.25, -0.2) is 0 Å². The molecule has 1 saturated heterocycles. The van der Waals surface area contributed by atoms with Crippen molar-refractivity contribution in [2.24, 2.45) is 5.92 Å². The van der Waals surface area contributed by atoms with Crippen molar-refractivity contribution < 1.29 is 4.79 Å². The monoisotopic (exact) mass is 261 g/mol. The normalized spacial score (nSPS) is 23.2. The highest BCUT2D eigenvalue weighted by Gasteiger charge is 2.24. The van der Waals surface area contributed by atoms with E-state index in [1.54, 1.807) is 13.1 Å². The second-order valence-electron chi connectivity index (χ2n) is 5.54. The summed E-state index contributed by atoms with van der Waals surface area (Å²) in [6.45, 7) is 5.54. The minimum Gasteiger partial charge on any atom is -0.397 e. The Morgan fingerprint density at radius 1 is 1.37 bits per heavy atom. The lowest BCUT2D eigenvalue weighted by atomic mass is 9.94. The number of nitrogens with one attached hydrogen (secondary N) is 1. The van der Waals surface area contributed by atoms with Crippen LogP contribution >= 0.6 is 0 Å². The van der Waals surface area contributed by atoms with Crippen molar-refractivity contribution in [1.82, 2.24) is 5.32 Å². The summed E-state index contributed by atoms with van der Waals surface area (Å²) >= 11 is 0. The van der Waals surface area contributed by atoms with Gasteiger partial charge in [-0.05, 0) is 43.9 Å². The molecule has 0 bridgehead atoms. The Morgan fingerprint density at radius 2 is 2.11 bits per heavy atom. The first-order chi connectivity index (χ1) is 9.02. The summed E-state index contributed by atoms with van der Waals surface area (Å²) in [4.78, 5) is 13.9. The number of rotatable bonds is 2. The van der Waals surface area contributed by atoms with E-state index in [4.69, 9.17) is 5.73 Å². The maximum atomic E-state index is 11.6. The highest BCUT2D eigenvalue weighted by molar-refractivity contribution is 5.96. The molecule has 2 unspecified atom stereocenters. The van der Waals surface area contributed by atoms with Crippen LogP contribution in [0.4, 0.5) is 11.4 Å². The predicted octanol–water partition coefficient (Wildman–Crippen LogP) is 2.25. The van der Waals surface area contributed by atoms with Crippen molar-refractivity contribution in [2.75, 3.05) is 24.2 Å². The molecule has 0 saturated carbocycles. The number of nitrogens with two attached hydrogens (primary N) is 1. The van der Waals surface area contributed by atoms with Crippen LogP contribution in [0.5, 0.6) is 0 Å². The SMILES string of the molecule is CNC(=O)c1ccc(N2CC(C)CCC2C)c(N)c1. The first-order valence-corrected chi connectivity index (χ1v) is 6.91. The van der Waals surface area contributed by atoms with E-state index in [9.17, 15) is 4.79 Å². The quantitative estimate of drug-likeness (QED) is 0.803. The van der Waals surface area contributed by atoms with Crippen LogP contribution < -0.4 is 16.0 Å². The van der Waals surface area contributed by atoms with Crippen molar-refractivity contribution in [3.63, 3.8) is 0 Å². The van der Waals surface area contributed by atoms with E-state index in [-0.39, 0.29) is 5.91 Å². The molecule has 1 fully saturated rings. The summed E-state index contributed by atoms with van der Waals surface area (Å²) in [5.74, 6) is 0.590. The molecule has 1 aromatic carbocycles. The molecule has 2 rings (SSSR count). The van der Waals surface area contributed by atoms with Gasteiger partial charge in [-0.15, -0.1) is 0 Å². The average molecular weight is 261 g/mol. The summed E-state index contributed by atoms with van der Waals surface area (Å²) in [5, 5.41) is 2.62. The molecule has 4 heteroatoms. The van der Waals surface area contributed by atoms with E-state index >= 15 is 0 Å². The number of piperidine rings is 1. The Morgan fingerprint density at radius 3 is 2.74 bits per heavy atom. The zero-order chi connectivity index (χ0) is 14.0. The minimum absolute atomic E-state index is 0.0988. The second-order valence-corrected chi connectivity index (χ2v) is 5.54. The fourth-order valence-corrected chi connectivity index (χ4v) is 2.73. The Balaban J connectivity index is 2.27. The topological polar surface area (TPSA) is 58.4 Å². The molecule has 3 N–H and O–H groups in total. The van der Waals surface area contributed by atoms with Crippen LogP contribution in [0.3, 0.4) is 0 Å². The zero-order valence-electron chi connectivity index (χ0n) is 11.9. The summed E-state index contributed by atoms with van der Waals surface area (Å²) in [5.41, 5.74) is 8.47. The van der Waals surface area contributed by atoms with E-state index < -0.39 is 0 Å². The third kappa shape index (κ3) is 2.83. The number of anilines is 2. The van der Waals surface area contributed by atoms with Gasteiger partial charge in [0.2, 0.25) is 0 Å². The van der Waals surface area contributed by atoms with Crippen molar-refractivity contribution >= 4 is 17.3 Å². The third-order valence-electron chi connectivity index (χ3n) is 3.94. The van der Waals surface area contributed by atoms with Crippen molar-refractivity contribution in [1.29, 1.82) is 0 Å². The summed E-state index contributed by atoms with van der Waals surface area (Å²) in [6.07, 6.45) is 2.46. The van der Waals surface area contributed by atoms with Gasteiger partial charge < -0.3 is 16.0 Å². The van der Waals surface area contributed by atoms with Gasteiger partial charge in [0.1, 0.15) is 0 Å². The zero-order valence-corrected chi connectivity index (χ0v) is 11.9. The smallest absolute Gasteiger partial charge is 0.251 e. The lowest BCUT2D eigenvalue weighted by Gasteiger charge is -2.39. The van der Waals surface area contributed by atoms with E-state index in [0.29, 0.717) is 23.2 Å². The molecule has 0 aromatic heterocycles. The standard InChI is InChI=1S/C15H23N3O/c1-10-4-5-11(2)18(9-10)14-7-6-12(8-13(14)16)15(19)17-3/h6-8,10-11H,4-5,9,16H2,1-3H3,(H,17,19). The number of benzene rings is 1. The predicted molar refractivity (Wildman–Crippen MR) is 79.5 cm³/mol. The molecule has 2 atom stereocenters. The molecular weight excluding hydrogens is 238 g/mol. The third-order valence-corrected chi connectivity index (χ3v) is 3.94. The summed E-state index contributed by atoms with van der Waals surface area (Å²) in [6, 6.07) is 6.08. The van der Waals surface area contributed by atoms with E-state index in [1.165, 1.54) is 12.8 Å². The van der Waals surface area contributed by atoms with E-state index in [1.807, 2.05) is 12.1 Å². The van der Waals surface area contributed by atoms with Gasteiger partial charge in [0.25, 0.3) is 5.91 Å². The van der Waals surface area contributed by atoms with Crippen LogP contribution in [0, 0.1) is 5.92 Å². The molecule has 1 heterocycles. The van der Waals surface area contributed by atoms with Crippen LogP contribution in [0.1, 0.15) is 37.0 Å². The lowest BCUT2D eigenvalue weighted by Crippen LogP contribution is -2.41. The summed E-state index contributed by atoms with van der Waals surface area (Å²) in [7, 11) is 1.63. The van der Waals surface area contributed by atoms with Crippen LogP contribution in [0.2, 0.25) is 0 Å². The van der Waals surface area contributed by atoms with Crippen molar-refractivity contribution in [2.45, 2.75) is 32.7 Å². The van der Waals surface area contributed by atoms with Gasteiger partial charge in [-0.1, -0.05) is 6.92 Å². The molecule has 1 aliphatic rings.